The predicted molar refractivity (Wildman–Crippen MR) is 80.4 cm³/mol. The second-order valence-electron chi connectivity index (χ2n) is 5.83. The summed E-state index contributed by atoms with van der Waals surface area (Å²) in [6.07, 6.45) is 5.52. The highest BCUT2D eigenvalue weighted by molar-refractivity contribution is 7.12. The summed E-state index contributed by atoms with van der Waals surface area (Å²) < 4.78 is 0. The second-order valence-corrected chi connectivity index (χ2v) is 6.75. The molecule has 0 unspecified atom stereocenters. The number of rotatable bonds is 4. The first-order valence-corrected chi connectivity index (χ1v) is 8.38. The molecule has 2 fully saturated rings. The van der Waals surface area contributed by atoms with Gasteiger partial charge in [-0.15, -0.1) is 11.3 Å². The third-order valence-corrected chi connectivity index (χ3v) is 5.53. The van der Waals surface area contributed by atoms with Gasteiger partial charge in [0.25, 0.3) is 0 Å². The van der Waals surface area contributed by atoms with E-state index in [1.165, 1.54) is 37.0 Å². The summed E-state index contributed by atoms with van der Waals surface area (Å²) in [7, 11) is 0. The zero-order valence-electron chi connectivity index (χ0n) is 11.8. The van der Waals surface area contributed by atoms with E-state index in [-0.39, 0.29) is 0 Å². The van der Waals surface area contributed by atoms with Crippen LogP contribution in [-0.4, -0.2) is 53.1 Å². The molecule has 0 bridgehead atoms. The highest BCUT2D eigenvalue weighted by atomic mass is 32.1. The predicted octanol–water partition coefficient (Wildman–Crippen LogP) is 2.51. The maximum atomic E-state index is 11.1. The van der Waals surface area contributed by atoms with Crippen LogP contribution in [0.5, 0.6) is 0 Å². The molecule has 1 aliphatic carbocycles. The van der Waals surface area contributed by atoms with Gasteiger partial charge in [-0.2, -0.15) is 0 Å². The maximum absolute atomic E-state index is 11.1. The smallest absolute Gasteiger partial charge is 0.346 e. The third kappa shape index (κ3) is 3.05. The number of hydrogen-bond donors (Lipinski definition) is 1. The average molecular weight is 294 g/mol. The largest absolute Gasteiger partial charge is 0.477 e. The van der Waals surface area contributed by atoms with Crippen LogP contribution in [0.15, 0.2) is 11.4 Å². The Morgan fingerprint density at radius 3 is 2.60 bits per heavy atom. The van der Waals surface area contributed by atoms with E-state index in [4.69, 9.17) is 5.11 Å². The van der Waals surface area contributed by atoms with Gasteiger partial charge in [-0.05, 0) is 29.9 Å². The van der Waals surface area contributed by atoms with Crippen LogP contribution in [0.2, 0.25) is 0 Å². The second kappa shape index (κ2) is 6.24. The minimum absolute atomic E-state index is 0.503. The molecule has 1 saturated heterocycles. The molecule has 0 aromatic carbocycles. The lowest BCUT2D eigenvalue weighted by Gasteiger charge is -2.38. The van der Waals surface area contributed by atoms with Crippen LogP contribution in [0.4, 0.5) is 0 Å². The van der Waals surface area contributed by atoms with Gasteiger partial charge in [0.05, 0.1) is 0 Å². The molecule has 1 N–H and O–H groups in total. The molecule has 1 saturated carbocycles. The Morgan fingerprint density at radius 1 is 1.25 bits per heavy atom. The van der Waals surface area contributed by atoms with Crippen molar-refractivity contribution >= 4 is 17.3 Å². The molecule has 110 valence electrons. The third-order valence-electron chi connectivity index (χ3n) is 4.58. The van der Waals surface area contributed by atoms with Gasteiger partial charge in [0.15, 0.2) is 0 Å². The van der Waals surface area contributed by atoms with Gasteiger partial charge in [-0.1, -0.05) is 12.8 Å². The van der Waals surface area contributed by atoms with Gasteiger partial charge in [0.1, 0.15) is 4.88 Å². The average Bonchev–Trinajstić information content (AvgIpc) is 3.10. The number of carboxylic acids is 1. The van der Waals surface area contributed by atoms with Gasteiger partial charge in [-0.3, -0.25) is 9.80 Å². The number of carbonyl (C=O) groups is 1. The molecule has 5 heteroatoms. The molecule has 1 aromatic heterocycles. The zero-order chi connectivity index (χ0) is 13.9. The molecule has 3 rings (SSSR count). The van der Waals surface area contributed by atoms with E-state index < -0.39 is 5.97 Å². The van der Waals surface area contributed by atoms with Crippen molar-refractivity contribution in [1.82, 2.24) is 9.80 Å². The van der Waals surface area contributed by atoms with Crippen molar-refractivity contribution in [2.45, 2.75) is 38.3 Å². The van der Waals surface area contributed by atoms with Crippen molar-refractivity contribution in [1.29, 1.82) is 0 Å². The van der Waals surface area contributed by atoms with Crippen molar-refractivity contribution < 1.29 is 9.90 Å². The molecule has 4 nitrogen and oxygen atoms in total. The SMILES string of the molecule is O=C(O)c1sccc1CN1CCN(C2CCCC2)CC1. The summed E-state index contributed by atoms with van der Waals surface area (Å²) in [6.45, 7) is 5.18. The van der Waals surface area contributed by atoms with Crippen LogP contribution in [-0.2, 0) is 6.54 Å². The Labute approximate surface area is 124 Å². The van der Waals surface area contributed by atoms with Crippen LogP contribution in [0.3, 0.4) is 0 Å². The fourth-order valence-electron chi connectivity index (χ4n) is 3.44. The number of piperazine rings is 1. The lowest BCUT2D eigenvalue weighted by molar-refractivity contribution is 0.0696. The summed E-state index contributed by atoms with van der Waals surface area (Å²) >= 11 is 1.33. The molecule has 20 heavy (non-hydrogen) atoms. The summed E-state index contributed by atoms with van der Waals surface area (Å²) in [5.41, 5.74) is 0.969. The fourth-order valence-corrected chi connectivity index (χ4v) is 4.20. The van der Waals surface area contributed by atoms with Gasteiger partial charge >= 0.3 is 5.97 Å². The van der Waals surface area contributed by atoms with Gasteiger partial charge in [0, 0.05) is 38.8 Å². The zero-order valence-corrected chi connectivity index (χ0v) is 12.6. The Hall–Kier alpha value is -0.910. The molecule has 2 aliphatic rings. The van der Waals surface area contributed by atoms with E-state index in [0.29, 0.717) is 4.88 Å². The lowest BCUT2D eigenvalue weighted by atomic mass is 10.1. The van der Waals surface area contributed by atoms with Gasteiger partial charge in [-0.25, -0.2) is 4.79 Å². The molecular formula is C15H22N2O2S. The summed E-state index contributed by atoms with van der Waals surface area (Å²) in [5.74, 6) is -0.792. The lowest BCUT2D eigenvalue weighted by Crippen LogP contribution is -2.49. The molecular weight excluding hydrogens is 272 g/mol. The Bertz CT molecular complexity index is 460. The summed E-state index contributed by atoms with van der Waals surface area (Å²) in [5, 5.41) is 11.0. The van der Waals surface area contributed by atoms with Crippen LogP contribution >= 0.6 is 11.3 Å². The van der Waals surface area contributed by atoms with E-state index in [0.717, 1.165) is 44.3 Å². The fraction of sp³-hybridized carbons (Fsp3) is 0.667. The minimum Gasteiger partial charge on any atom is -0.477 e. The van der Waals surface area contributed by atoms with Crippen LogP contribution < -0.4 is 0 Å². The van der Waals surface area contributed by atoms with Crippen molar-refractivity contribution in [3.63, 3.8) is 0 Å². The molecule has 0 spiro atoms. The molecule has 0 radical (unpaired) electrons. The number of thiophene rings is 1. The molecule has 0 atom stereocenters. The van der Waals surface area contributed by atoms with Crippen molar-refractivity contribution in [3.8, 4) is 0 Å². The van der Waals surface area contributed by atoms with E-state index in [1.807, 2.05) is 11.4 Å². The van der Waals surface area contributed by atoms with Crippen molar-refractivity contribution in [3.05, 3.63) is 21.9 Å². The molecule has 1 aromatic rings. The first-order valence-electron chi connectivity index (χ1n) is 7.50. The van der Waals surface area contributed by atoms with E-state index in [2.05, 4.69) is 9.80 Å². The number of hydrogen-bond acceptors (Lipinski definition) is 4. The maximum Gasteiger partial charge on any atom is 0.346 e. The van der Waals surface area contributed by atoms with Crippen LogP contribution in [0, 0.1) is 0 Å². The molecule has 2 heterocycles. The first kappa shape index (κ1) is 14.0. The van der Waals surface area contributed by atoms with Crippen LogP contribution in [0.1, 0.15) is 40.9 Å². The first-order chi connectivity index (χ1) is 9.74. The summed E-state index contributed by atoms with van der Waals surface area (Å²) in [4.78, 5) is 16.7. The Morgan fingerprint density at radius 2 is 1.95 bits per heavy atom. The molecule has 0 amide bonds. The van der Waals surface area contributed by atoms with Crippen molar-refractivity contribution in [2.24, 2.45) is 0 Å². The van der Waals surface area contributed by atoms with E-state index >= 15 is 0 Å². The quantitative estimate of drug-likeness (QED) is 0.926. The van der Waals surface area contributed by atoms with Crippen LogP contribution in [0.25, 0.3) is 0 Å². The standard InChI is InChI=1S/C15H22N2O2S/c18-15(19)14-12(5-10-20-14)11-16-6-8-17(9-7-16)13-3-1-2-4-13/h5,10,13H,1-4,6-9,11H2,(H,18,19). The summed E-state index contributed by atoms with van der Waals surface area (Å²) in [6, 6.07) is 2.77. The highest BCUT2D eigenvalue weighted by Crippen LogP contribution is 2.25. The number of nitrogens with zero attached hydrogens (tertiary/aromatic N) is 2. The van der Waals surface area contributed by atoms with E-state index in [9.17, 15) is 4.79 Å². The van der Waals surface area contributed by atoms with Crippen molar-refractivity contribution in [2.75, 3.05) is 26.2 Å². The minimum atomic E-state index is -0.792. The van der Waals surface area contributed by atoms with E-state index in [1.54, 1.807) is 0 Å². The number of carboxylic acid groups (broad SMARTS) is 1. The Kier molecular flexibility index (Phi) is 4.38. The monoisotopic (exact) mass is 294 g/mol. The van der Waals surface area contributed by atoms with Gasteiger partial charge < -0.3 is 5.11 Å². The molecule has 1 aliphatic heterocycles. The Balaban J connectivity index is 1.53. The normalized spacial score (nSPS) is 22.4. The van der Waals surface area contributed by atoms with Gasteiger partial charge in [0.2, 0.25) is 0 Å². The number of aromatic carboxylic acids is 1. The highest BCUT2D eigenvalue weighted by Gasteiger charge is 2.26. The topological polar surface area (TPSA) is 43.8 Å².